The van der Waals surface area contributed by atoms with Crippen molar-refractivity contribution in [2.75, 3.05) is 6.61 Å². The standard InChI is InChI=1S/C18H21N3O2/c1-6-23-17-12-7-8-13-10(2)15(22)14(19-5)9-18(13,4)16(12)20-11(3)21-17/h9-10,13H,6-8H2,1-4H3/t10-,13-,18-/m0/s1. The second kappa shape index (κ2) is 5.45. The highest BCUT2D eigenvalue weighted by Crippen LogP contribution is 2.50. The molecule has 0 unspecified atom stereocenters. The van der Waals surface area contributed by atoms with E-state index in [0.717, 1.165) is 24.1 Å². The highest BCUT2D eigenvalue weighted by atomic mass is 16.5. The zero-order chi connectivity index (χ0) is 16.8. The maximum atomic E-state index is 12.4. The molecule has 0 saturated heterocycles. The molecule has 1 heterocycles. The van der Waals surface area contributed by atoms with Crippen LogP contribution in [-0.2, 0) is 16.6 Å². The second-order valence-electron chi connectivity index (χ2n) is 6.56. The van der Waals surface area contributed by atoms with Crippen LogP contribution in [0.2, 0.25) is 0 Å². The Bertz CT molecular complexity index is 747. The first-order valence-electron chi connectivity index (χ1n) is 8.07. The van der Waals surface area contributed by atoms with Crippen LogP contribution in [0.25, 0.3) is 4.85 Å². The lowest BCUT2D eigenvalue weighted by atomic mass is 9.58. The van der Waals surface area contributed by atoms with E-state index in [1.807, 2.05) is 26.8 Å². The lowest BCUT2D eigenvalue weighted by molar-refractivity contribution is -0.121. The third-order valence-corrected chi connectivity index (χ3v) is 5.17. The fraction of sp³-hybridized carbons (Fsp3) is 0.556. The molecule has 0 radical (unpaired) electrons. The topological polar surface area (TPSA) is 56.4 Å². The minimum absolute atomic E-state index is 0.0401. The first kappa shape index (κ1) is 15.7. The second-order valence-corrected chi connectivity index (χ2v) is 6.56. The first-order chi connectivity index (χ1) is 10.9. The van der Waals surface area contributed by atoms with E-state index in [9.17, 15) is 4.79 Å². The van der Waals surface area contributed by atoms with Crippen LogP contribution >= 0.6 is 0 Å². The molecule has 1 aromatic rings. The number of hydrogen-bond donors (Lipinski definition) is 0. The van der Waals surface area contributed by atoms with Crippen LogP contribution in [0.3, 0.4) is 0 Å². The number of fused-ring (bicyclic) bond motifs is 3. The number of carbonyl (C=O) groups is 1. The Balaban J connectivity index is 2.24. The van der Waals surface area contributed by atoms with Gasteiger partial charge in [0, 0.05) is 16.9 Å². The number of allylic oxidation sites excluding steroid dienone is 2. The molecule has 23 heavy (non-hydrogen) atoms. The van der Waals surface area contributed by atoms with Crippen LogP contribution in [-0.4, -0.2) is 22.4 Å². The van der Waals surface area contributed by atoms with Crippen molar-refractivity contribution in [1.29, 1.82) is 0 Å². The molecule has 0 fully saturated rings. The Kier molecular flexibility index (Phi) is 3.71. The van der Waals surface area contributed by atoms with E-state index in [2.05, 4.69) is 16.8 Å². The van der Waals surface area contributed by atoms with Gasteiger partial charge < -0.3 is 9.53 Å². The maximum Gasteiger partial charge on any atom is 0.226 e. The van der Waals surface area contributed by atoms with Crippen LogP contribution < -0.4 is 4.74 Å². The van der Waals surface area contributed by atoms with Crippen molar-refractivity contribution in [2.24, 2.45) is 11.8 Å². The van der Waals surface area contributed by atoms with Crippen LogP contribution in [0.15, 0.2) is 11.8 Å². The Labute approximate surface area is 136 Å². The van der Waals surface area contributed by atoms with Gasteiger partial charge in [-0.1, -0.05) is 19.9 Å². The summed E-state index contributed by atoms with van der Waals surface area (Å²) in [5.74, 6) is 1.28. The fourth-order valence-corrected chi connectivity index (χ4v) is 4.08. The van der Waals surface area contributed by atoms with Crippen molar-refractivity contribution in [3.8, 4) is 5.88 Å². The molecule has 0 N–H and O–H groups in total. The van der Waals surface area contributed by atoms with Crippen molar-refractivity contribution < 1.29 is 9.53 Å². The molecule has 0 bridgehead atoms. The molecule has 0 aromatic carbocycles. The van der Waals surface area contributed by atoms with Gasteiger partial charge in [0.2, 0.25) is 11.6 Å². The van der Waals surface area contributed by atoms with E-state index < -0.39 is 5.41 Å². The van der Waals surface area contributed by atoms with E-state index in [0.29, 0.717) is 18.3 Å². The number of aryl methyl sites for hydroxylation is 1. The monoisotopic (exact) mass is 311 g/mol. The molecular formula is C18H21N3O2. The lowest BCUT2D eigenvalue weighted by Crippen LogP contribution is -2.46. The van der Waals surface area contributed by atoms with Crippen LogP contribution in [0.4, 0.5) is 0 Å². The maximum absolute atomic E-state index is 12.4. The zero-order valence-electron chi connectivity index (χ0n) is 14.0. The van der Waals surface area contributed by atoms with Crippen LogP contribution in [0.5, 0.6) is 5.88 Å². The van der Waals surface area contributed by atoms with Gasteiger partial charge >= 0.3 is 0 Å². The van der Waals surface area contributed by atoms with Gasteiger partial charge in [0.1, 0.15) is 5.82 Å². The first-order valence-corrected chi connectivity index (χ1v) is 8.07. The molecule has 5 heteroatoms. The molecule has 0 aliphatic heterocycles. The van der Waals surface area contributed by atoms with Crippen molar-refractivity contribution in [3.63, 3.8) is 0 Å². The molecule has 1 aromatic heterocycles. The summed E-state index contributed by atoms with van der Waals surface area (Å²) in [5.41, 5.74) is 1.77. The molecule has 3 atom stereocenters. The largest absolute Gasteiger partial charge is 0.478 e. The Morgan fingerprint density at radius 3 is 2.87 bits per heavy atom. The molecule has 3 rings (SSSR count). The minimum atomic E-state index is -0.416. The van der Waals surface area contributed by atoms with Gasteiger partial charge in [-0.25, -0.2) is 9.83 Å². The lowest BCUT2D eigenvalue weighted by Gasteiger charge is -2.45. The predicted molar refractivity (Wildman–Crippen MR) is 86.0 cm³/mol. The van der Waals surface area contributed by atoms with Gasteiger partial charge in [-0.3, -0.25) is 0 Å². The fourth-order valence-electron chi connectivity index (χ4n) is 4.08. The summed E-state index contributed by atoms with van der Waals surface area (Å²) in [6, 6.07) is 0. The molecular weight excluding hydrogens is 290 g/mol. The molecule has 0 saturated carbocycles. The molecule has 0 spiro atoms. The van der Waals surface area contributed by atoms with Crippen molar-refractivity contribution >= 4 is 5.78 Å². The molecule has 2 aliphatic carbocycles. The van der Waals surface area contributed by atoms with Gasteiger partial charge in [0.05, 0.1) is 18.9 Å². The number of Topliss-reactive ketones (excluding diaryl/α,β-unsaturated/α-hetero) is 1. The van der Waals surface area contributed by atoms with E-state index >= 15 is 0 Å². The minimum Gasteiger partial charge on any atom is -0.478 e. The van der Waals surface area contributed by atoms with Gasteiger partial charge in [-0.2, -0.15) is 4.98 Å². The van der Waals surface area contributed by atoms with E-state index in [1.54, 1.807) is 0 Å². The summed E-state index contributed by atoms with van der Waals surface area (Å²) >= 11 is 0. The van der Waals surface area contributed by atoms with Gasteiger partial charge in [0.15, 0.2) is 5.78 Å². The summed E-state index contributed by atoms with van der Waals surface area (Å²) < 4.78 is 5.71. The van der Waals surface area contributed by atoms with Gasteiger partial charge in [-0.05, 0) is 32.6 Å². The molecule has 5 nitrogen and oxygen atoms in total. The third-order valence-electron chi connectivity index (χ3n) is 5.17. The Morgan fingerprint density at radius 2 is 2.22 bits per heavy atom. The third kappa shape index (κ3) is 2.24. The SMILES string of the molecule is [C-]#[N+]C1=C[C@]2(C)c3nc(C)nc(OCC)c3CC[C@H]2[C@H](C)C1=O. The quantitative estimate of drug-likeness (QED) is 0.788. The summed E-state index contributed by atoms with van der Waals surface area (Å²) in [7, 11) is 0. The van der Waals surface area contributed by atoms with E-state index in [4.69, 9.17) is 16.3 Å². The molecule has 120 valence electrons. The van der Waals surface area contributed by atoms with Crippen molar-refractivity contribution in [2.45, 2.75) is 46.0 Å². The smallest absolute Gasteiger partial charge is 0.226 e. The van der Waals surface area contributed by atoms with Gasteiger partial charge in [-0.15, -0.1) is 0 Å². The summed E-state index contributed by atoms with van der Waals surface area (Å²) in [6.07, 6.45) is 3.52. The zero-order valence-corrected chi connectivity index (χ0v) is 14.0. The van der Waals surface area contributed by atoms with Crippen LogP contribution in [0.1, 0.15) is 44.3 Å². The number of hydrogen-bond acceptors (Lipinski definition) is 4. The average molecular weight is 311 g/mol. The van der Waals surface area contributed by atoms with Crippen molar-refractivity contribution in [1.82, 2.24) is 9.97 Å². The highest BCUT2D eigenvalue weighted by Gasteiger charge is 2.49. The van der Waals surface area contributed by atoms with Crippen molar-refractivity contribution in [3.05, 3.63) is 40.3 Å². The predicted octanol–water partition coefficient (Wildman–Crippen LogP) is 3.03. The Hall–Kier alpha value is -2.22. The number of carbonyl (C=O) groups excluding carboxylic acids is 1. The normalized spacial score (nSPS) is 29.2. The Morgan fingerprint density at radius 1 is 1.48 bits per heavy atom. The summed E-state index contributed by atoms with van der Waals surface area (Å²) in [6.45, 7) is 15.7. The number of ketones is 1. The van der Waals surface area contributed by atoms with Gasteiger partial charge in [0.25, 0.3) is 0 Å². The van der Waals surface area contributed by atoms with E-state index in [-0.39, 0.29) is 23.3 Å². The van der Waals surface area contributed by atoms with E-state index in [1.165, 1.54) is 0 Å². The number of rotatable bonds is 2. The van der Waals surface area contributed by atoms with Crippen LogP contribution in [0, 0.1) is 25.3 Å². The average Bonchev–Trinajstić information content (AvgIpc) is 2.52. The summed E-state index contributed by atoms with van der Waals surface area (Å²) in [4.78, 5) is 24.9. The summed E-state index contributed by atoms with van der Waals surface area (Å²) in [5, 5.41) is 0. The highest BCUT2D eigenvalue weighted by molar-refractivity contribution is 6.00. The number of ether oxygens (including phenoxy) is 1. The number of nitrogens with zero attached hydrogens (tertiary/aromatic N) is 3. The molecule has 0 amide bonds. The molecule has 2 aliphatic rings. The number of aromatic nitrogens is 2.